The van der Waals surface area contributed by atoms with E-state index < -0.39 is 0 Å². The van der Waals surface area contributed by atoms with Crippen LogP contribution in [0, 0.1) is 0 Å². The molecule has 0 unspecified atom stereocenters. The third-order valence-electron chi connectivity index (χ3n) is 1.45. The minimum atomic E-state index is 0.774. The van der Waals surface area contributed by atoms with Crippen molar-refractivity contribution in [2.75, 3.05) is 28.2 Å². The van der Waals surface area contributed by atoms with Crippen molar-refractivity contribution in [2.24, 2.45) is 4.99 Å². The van der Waals surface area contributed by atoms with Gasteiger partial charge in [-0.05, 0) is 6.92 Å². The van der Waals surface area contributed by atoms with Crippen LogP contribution in [0.4, 0.5) is 0 Å². The fourth-order valence-corrected chi connectivity index (χ4v) is 0.387. The molecule has 3 nitrogen and oxygen atoms in total. The Morgan fingerprint density at radius 2 is 1.55 bits per heavy atom. The van der Waals surface area contributed by atoms with Gasteiger partial charge in [-0.2, -0.15) is 0 Å². The zero-order valence-corrected chi connectivity index (χ0v) is 8.05. The number of aliphatic imine (C=N–C) groups is 1. The van der Waals surface area contributed by atoms with Crippen molar-refractivity contribution in [3.05, 3.63) is 12.4 Å². The minimum absolute atomic E-state index is 0.774. The van der Waals surface area contributed by atoms with Crippen LogP contribution in [0.25, 0.3) is 0 Å². The molecule has 64 valence electrons. The van der Waals surface area contributed by atoms with E-state index in [0.717, 1.165) is 11.7 Å². The Morgan fingerprint density at radius 1 is 1.09 bits per heavy atom. The molecule has 0 radical (unpaired) electrons. The molecule has 0 atom stereocenters. The van der Waals surface area contributed by atoms with Crippen LogP contribution in [0.1, 0.15) is 6.92 Å². The Balaban J connectivity index is 4.20. The molecular weight excluding hydrogens is 138 g/mol. The van der Waals surface area contributed by atoms with Crippen molar-refractivity contribution >= 4 is 5.84 Å². The second-order valence-corrected chi connectivity index (χ2v) is 2.86. The molecule has 0 fully saturated rings. The minimum Gasteiger partial charge on any atom is -0.366 e. The van der Waals surface area contributed by atoms with Gasteiger partial charge in [0.05, 0.1) is 0 Å². The van der Waals surface area contributed by atoms with Gasteiger partial charge in [-0.25, -0.2) is 4.99 Å². The van der Waals surface area contributed by atoms with E-state index in [1.807, 2.05) is 44.9 Å². The van der Waals surface area contributed by atoms with E-state index in [1.54, 1.807) is 0 Å². The van der Waals surface area contributed by atoms with Gasteiger partial charge >= 0.3 is 0 Å². The van der Waals surface area contributed by atoms with Crippen LogP contribution in [0.15, 0.2) is 17.4 Å². The summed E-state index contributed by atoms with van der Waals surface area (Å²) in [5.74, 6) is 1.74. The molecule has 0 aromatic heterocycles. The summed E-state index contributed by atoms with van der Waals surface area (Å²) >= 11 is 0. The fraction of sp³-hybridized carbons (Fsp3) is 0.625. The number of nitrogens with zero attached hydrogens (tertiary/aromatic N) is 3. The molecule has 0 N–H and O–H groups in total. The summed E-state index contributed by atoms with van der Waals surface area (Å²) in [6, 6.07) is 0. The van der Waals surface area contributed by atoms with Gasteiger partial charge < -0.3 is 9.80 Å². The molecule has 0 aromatic rings. The van der Waals surface area contributed by atoms with Crippen molar-refractivity contribution in [1.82, 2.24) is 9.80 Å². The first-order chi connectivity index (χ1) is 4.95. The lowest BCUT2D eigenvalue weighted by molar-refractivity contribution is 0.504. The lowest BCUT2D eigenvalue weighted by atomic mass is 10.6. The monoisotopic (exact) mass is 155 g/mol. The molecule has 0 rings (SSSR count). The van der Waals surface area contributed by atoms with Gasteiger partial charge in [0.15, 0.2) is 0 Å². The Bertz CT molecular complexity index is 168. The second kappa shape index (κ2) is 4.01. The molecule has 0 aliphatic carbocycles. The standard InChI is InChI=1S/C8H17N3/c1-7(10(3)4)9-8(2)11(5)6/h1H2,2-6H3/b9-8-. The predicted octanol–water partition coefficient (Wildman–Crippen LogP) is 0.999. The molecular formula is C8H17N3. The maximum absolute atomic E-state index is 4.25. The maximum Gasteiger partial charge on any atom is 0.122 e. The molecule has 0 spiro atoms. The van der Waals surface area contributed by atoms with Gasteiger partial charge in [0.2, 0.25) is 0 Å². The number of hydrogen-bond acceptors (Lipinski definition) is 2. The first-order valence-electron chi connectivity index (χ1n) is 3.54. The van der Waals surface area contributed by atoms with E-state index in [2.05, 4.69) is 11.6 Å². The van der Waals surface area contributed by atoms with Crippen LogP contribution in [-0.2, 0) is 0 Å². The Kier molecular flexibility index (Phi) is 3.65. The van der Waals surface area contributed by atoms with Crippen LogP contribution in [-0.4, -0.2) is 43.8 Å². The Labute approximate surface area is 69.0 Å². The highest BCUT2D eigenvalue weighted by atomic mass is 15.2. The van der Waals surface area contributed by atoms with Crippen LogP contribution < -0.4 is 0 Å². The summed E-state index contributed by atoms with van der Waals surface area (Å²) in [4.78, 5) is 8.08. The summed E-state index contributed by atoms with van der Waals surface area (Å²) in [7, 11) is 7.77. The second-order valence-electron chi connectivity index (χ2n) is 2.86. The molecule has 0 bridgehead atoms. The van der Waals surface area contributed by atoms with E-state index in [-0.39, 0.29) is 0 Å². The SMILES string of the molecule is C=C(/N=C(/C)N(C)C)N(C)C. The molecule has 0 amide bonds. The zero-order chi connectivity index (χ0) is 9.02. The average molecular weight is 155 g/mol. The third-order valence-corrected chi connectivity index (χ3v) is 1.45. The quantitative estimate of drug-likeness (QED) is 0.437. The summed E-state index contributed by atoms with van der Waals surface area (Å²) < 4.78 is 0. The van der Waals surface area contributed by atoms with E-state index in [4.69, 9.17) is 0 Å². The number of amidine groups is 1. The fourth-order valence-electron chi connectivity index (χ4n) is 0.387. The van der Waals surface area contributed by atoms with Crippen LogP contribution in [0.2, 0.25) is 0 Å². The Morgan fingerprint density at radius 3 is 1.82 bits per heavy atom. The summed E-state index contributed by atoms with van der Waals surface area (Å²) in [5, 5.41) is 0. The molecule has 0 saturated carbocycles. The highest BCUT2D eigenvalue weighted by molar-refractivity contribution is 5.79. The molecule has 3 heteroatoms. The molecule has 0 aromatic carbocycles. The molecule has 11 heavy (non-hydrogen) atoms. The van der Waals surface area contributed by atoms with Gasteiger partial charge in [0, 0.05) is 28.2 Å². The van der Waals surface area contributed by atoms with Crippen molar-refractivity contribution in [1.29, 1.82) is 0 Å². The summed E-state index contributed by atoms with van der Waals surface area (Å²) in [6.07, 6.45) is 0. The molecule has 0 aliphatic heterocycles. The van der Waals surface area contributed by atoms with Crippen LogP contribution >= 0.6 is 0 Å². The molecule has 0 aliphatic rings. The average Bonchev–Trinajstić information content (AvgIpc) is 1.87. The molecule has 0 saturated heterocycles. The van der Waals surface area contributed by atoms with Crippen LogP contribution in [0.5, 0.6) is 0 Å². The highest BCUT2D eigenvalue weighted by Gasteiger charge is 1.95. The largest absolute Gasteiger partial charge is 0.366 e. The first-order valence-corrected chi connectivity index (χ1v) is 3.54. The van der Waals surface area contributed by atoms with E-state index in [9.17, 15) is 0 Å². The van der Waals surface area contributed by atoms with Gasteiger partial charge in [-0.15, -0.1) is 0 Å². The number of rotatable bonds is 2. The molecule has 0 heterocycles. The summed E-state index contributed by atoms with van der Waals surface area (Å²) in [5.41, 5.74) is 0. The zero-order valence-electron chi connectivity index (χ0n) is 8.05. The van der Waals surface area contributed by atoms with E-state index >= 15 is 0 Å². The summed E-state index contributed by atoms with van der Waals surface area (Å²) in [6.45, 7) is 5.74. The van der Waals surface area contributed by atoms with E-state index in [1.165, 1.54) is 0 Å². The van der Waals surface area contributed by atoms with Crippen molar-refractivity contribution < 1.29 is 0 Å². The van der Waals surface area contributed by atoms with Gasteiger partial charge in [0.25, 0.3) is 0 Å². The van der Waals surface area contributed by atoms with Crippen LogP contribution in [0.3, 0.4) is 0 Å². The topological polar surface area (TPSA) is 18.8 Å². The lowest BCUT2D eigenvalue weighted by Gasteiger charge is -2.15. The number of hydrogen-bond donors (Lipinski definition) is 0. The van der Waals surface area contributed by atoms with Gasteiger partial charge in [-0.3, -0.25) is 0 Å². The first kappa shape index (κ1) is 10.0. The smallest absolute Gasteiger partial charge is 0.122 e. The van der Waals surface area contributed by atoms with Crippen molar-refractivity contribution in [3.63, 3.8) is 0 Å². The Hall–Kier alpha value is -0.990. The van der Waals surface area contributed by atoms with Gasteiger partial charge in [0.1, 0.15) is 11.7 Å². The predicted molar refractivity (Wildman–Crippen MR) is 49.6 cm³/mol. The lowest BCUT2D eigenvalue weighted by Crippen LogP contribution is -2.20. The van der Waals surface area contributed by atoms with E-state index in [0.29, 0.717) is 0 Å². The van der Waals surface area contributed by atoms with Gasteiger partial charge in [-0.1, -0.05) is 6.58 Å². The van der Waals surface area contributed by atoms with Crippen molar-refractivity contribution in [3.8, 4) is 0 Å². The van der Waals surface area contributed by atoms with Crippen molar-refractivity contribution in [2.45, 2.75) is 6.92 Å². The maximum atomic E-state index is 4.25. The normalized spacial score (nSPS) is 11.2. The third kappa shape index (κ3) is 3.65. The highest BCUT2D eigenvalue weighted by Crippen LogP contribution is 1.97.